The number of carbonyl (C=O) groups excluding carboxylic acids is 2. The van der Waals surface area contributed by atoms with E-state index in [1.165, 1.54) is 0 Å². The minimum atomic E-state index is -0.257. The third-order valence-electron chi connectivity index (χ3n) is 5.35. The number of nitrogens with zero attached hydrogens (tertiary/aromatic N) is 5. The Balaban J connectivity index is 1.55. The van der Waals surface area contributed by atoms with Crippen LogP contribution in [0.15, 0.2) is 73.2 Å². The first-order chi connectivity index (χ1) is 16.9. The SMILES string of the molecule is CN(C)C/C=C/C(=O)CCc1nc(-c2ccc(C(=O)Nc3ccccn3)cc2)c2c(N)nccn12. The molecule has 0 radical (unpaired) electrons. The number of hydrogen-bond donors (Lipinski definition) is 2. The van der Waals surface area contributed by atoms with Crippen LogP contribution in [0.1, 0.15) is 22.6 Å². The molecule has 0 aliphatic carbocycles. The molecule has 3 heterocycles. The van der Waals surface area contributed by atoms with E-state index in [9.17, 15) is 9.59 Å². The number of aromatic nitrogens is 4. The van der Waals surface area contributed by atoms with Crippen molar-refractivity contribution >= 4 is 28.8 Å². The average molecular weight is 470 g/mol. The van der Waals surface area contributed by atoms with E-state index in [4.69, 9.17) is 10.7 Å². The Bertz CT molecular complexity index is 1360. The van der Waals surface area contributed by atoms with Gasteiger partial charge >= 0.3 is 0 Å². The first-order valence-electron chi connectivity index (χ1n) is 11.2. The molecule has 0 atom stereocenters. The minimum Gasteiger partial charge on any atom is -0.382 e. The van der Waals surface area contributed by atoms with Crippen LogP contribution in [0.2, 0.25) is 0 Å². The van der Waals surface area contributed by atoms with Crippen LogP contribution in [-0.2, 0) is 11.2 Å². The van der Waals surface area contributed by atoms with Crippen LogP contribution in [0.25, 0.3) is 16.8 Å². The number of allylic oxidation sites excluding steroid dienone is 1. The van der Waals surface area contributed by atoms with E-state index in [0.29, 0.717) is 47.8 Å². The van der Waals surface area contributed by atoms with Crippen molar-refractivity contribution in [3.05, 3.63) is 84.6 Å². The second kappa shape index (κ2) is 10.7. The Hall–Kier alpha value is -4.37. The third kappa shape index (κ3) is 5.77. The molecule has 1 aromatic carbocycles. The summed E-state index contributed by atoms with van der Waals surface area (Å²) in [5, 5.41) is 2.77. The number of aryl methyl sites for hydroxylation is 1. The van der Waals surface area contributed by atoms with Crippen LogP contribution in [0.4, 0.5) is 11.6 Å². The van der Waals surface area contributed by atoms with Gasteiger partial charge in [0.15, 0.2) is 5.78 Å². The number of hydrogen-bond acceptors (Lipinski definition) is 7. The number of pyridine rings is 1. The summed E-state index contributed by atoms with van der Waals surface area (Å²) in [6.45, 7) is 0.709. The number of nitrogen functional groups attached to an aromatic ring is 1. The number of fused-ring (bicyclic) bond motifs is 1. The van der Waals surface area contributed by atoms with Gasteiger partial charge in [0.2, 0.25) is 0 Å². The summed E-state index contributed by atoms with van der Waals surface area (Å²) in [7, 11) is 3.90. The van der Waals surface area contributed by atoms with Gasteiger partial charge in [0, 0.05) is 49.1 Å². The van der Waals surface area contributed by atoms with Crippen LogP contribution < -0.4 is 11.1 Å². The quantitative estimate of drug-likeness (QED) is 0.361. The van der Waals surface area contributed by atoms with Crippen LogP contribution in [0, 0.1) is 0 Å². The number of ketones is 1. The molecule has 178 valence electrons. The maximum atomic E-state index is 12.6. The topological polar surface area (TPSA) is 119 Å². The number of nitrogens with two attached hydrogens (primary N) is 1. The van der Waals surface area contributed by atoms with E-state index in [-0.39, 0.29) is 11.7 Å². The minimum absolute atomic E-state index is 0.0375. The number of nitrogens with one attached hydrogen (secondary N) is 1. The lowest BCUT2D eigenvalue weighted by Gasteiger charge is -2.05. The van der Waals surface area contributed by atoms with E-state index in [0.717, 1.165) is 11.4 Å². The van der Waals surface area contributed by atoms with Crippen LogP contribution in [0.5, 0.6) is 0 Å². The molecule has 4 aromatic rings. The van der Waals surface area contributed by atoms with Crippen molar-refractivity contribution in [3.8, 4) is 11.3 Å². The van der Waals surface area contributed by atoms with Gasteiger partial charge < -0.3 is 16.0 Å². The summed E-state index contributed by atoms with van der Waals surface area (Å²) in [5.41, 5.74) is 8.80. The highest BCUT2D eigenvalue weighted by Crippen LogP contribution is 2.28. The molecule has 1 amide bonds. The Morgan fingerprint density at radius 2 is 1.89 bits per heavy atom. The summed E-state index contributed by atoms with van der Waals surface area (Å²) in [5.74, 6) is 1.32. The van der Waals surface area contributed by atoms with Gasteiger partial charge in [-0.2, -0.15) is 0 Å². The fourth-order valence-electron chi connectivity index (χ4n) is 3.62. The zero-order chi connectivity index (χ0) is 24.8. The molecule has 3 aromatic heterocycles. The van der Waals surface area contributed by atoms with Gasteiger partial charge in [-0.05, 0) is 44.4 Å². The number of imidazole rings is 1. The second-order valence-electron chi connectivity index (χ2n) is 8.29. The van der Waals surface area contributed by atoms with Crippen molar-refractivity contribution in [1.29, 1.82) is 0 Å². The number of carbonyl (C=O) groups is 2. The smallest absolute Gasteiger partial charge is 0.256 e. The maximum Gasteiger partial charge on any atom is 0.256 e. The van der Waals surface area contributed by atoms with Crippen molar-refractivity contribution in [1.82, 2.24) is 24.3 Å². The van der Waals surface area contributed by atoms with Crippen LogP contribution >= 0.6 is 0 Å². The van der Waals surface area contributed by atoms with E-state index in [1.54, 1.807) is 55.0 Å². The van der Waals surface area contributed by atoms with E-state index < -0.39 is 0 Å². The van der Waals surface area contributed by atoms with Gasteiger partial charge in [0.25, 0.3) is 5.91 Å². The second-order valence-corrected chi connectivity index (χ2v) is 8.29. The average Bonchev–Trinajstić information content (AvgIpc) is 3.23. The highest BCUT2D eigenvalue weighted by molar-refractivity contribution is 6.04. The maximum absolute atomic E-state index is 12.6. The molecule has 0 aliphatic rings. The predicted octanol–water partition coefficient (Wildman–Crippen LogP) is 3.25. The van der Waals surface area contributed by atoms with E-state index in [1.807, 2.05) is 41.6 Å². The fourth-order valence-corrected chi connectivity index (χ4v) is 3.62. The highest BCUT2D eigenvalue weighted by atomic mass is 16.1. The van der Waals surface area contributed by atoms with Crippen molar-refractivity contribution < 1.29 is 9.59 Å². The zero-order valence-corrected chi connectivity index (χ0v) is 19.7. The molecule has 35 heavy (non-hydrogen) atoms. The normalized spacial score (nSPS) is 11.4. The molecule has 0 spiro atoms. The van der Waals surface area contributed by atoms with Gasteiger partial charge in [-0.1, -0.05) is 24.3 Å². The molecule has 0 aliphatic heterocycles. The summed E-state index contributed by atoms with van der Waals surface area (Å²) in [6, 6.07) is 12.4. The van der Waals surface area contributed by atoms with Gasteiger partial charge in [0.1, 0.15) is 28.7 Å². The van der Waals surface area contributed by atoms with Crippen molar-refractivity contribution in [3.63, 3.8) is 0 Å². The lowest BCUT2D eigenvalue weighted by Crippen LogP contribution is -2.12. The lowest BCUT2D eigenvalue weighted by atomic mass is 10.1. The molecular weight excluding hydrogens is 442 g/mol. The monoisotopic (exact) mass is 469 g/mol. The molecule has 0 fully saturated rings. The van der Waals surface area contributed by atoms with Crippen LogP contribution in [-0.4, -0.2) is 56.6 Å². The van der Waals surface area contributed by atoms with Crippen molar-refractivity contribution in [2.75, 3.05) is 31.7 Å². The van der Waals surface area contributed by atoms with Gasteiger partial charge in [0.05, 0.1) is 0 Å². The van der Waals surface area contributed by atoms with E-state index >= 15 is 0 Å². The summed E-state index contributed by atoms with van der Waals surface area (Å²) in [4.78, 5) is 39.9. The zero-order valence-electron chi connectivity index (χ0n) is 19.7. The standard InChI is InChI=1S/C26H27N7O2/c1-32(2)16-5-6-20(34)12-13-22-31-23(24-25(27)29-15-17-33(22)24)18-8-10-19(11-9-18)26(35)30-21-7-3-4-14-28-21/h3-11,14-15,17H,12-13,16H2,1-2H3,(H2,27,29)(H,28,30,35)/b6-5+. The number of rotatable bonds is 9. The van der Waals surface area contributed by atoms with E-state index in [2.05, 4.69) is 15.3 Å². The number of anilines is 2. The number of amides is 1. The largest absolute Gasteiger partial charge is 0.382 e. The first-order valence-corrected chi connectivity index (χ1v) is 11.2. The molecule has 9 heteroatoms. The molecule has 9 nitrogen and oxygen atoms in total. The number of benzene rings is 1. The Morgan fingerprint density at radius 3 is 2.60 bits per heavy atom. The lowest BCUT2D eigenvalue weighted by molar-refractivity contribution is -0.114. The van der Waals surface area contributed by atoms with Crippen molar-refractivity contribution in [2.24, 2.45) is 0 Å². The summed E-state index contributed by atoms with van der Waals surface area (Å²) >= 11 is 0. The molecule has 0 unspecified atom stereocenters. The fraction of sp³-hybridized carbons (Fsp3) is 0.192. The number of likely N-dealkylation sites (N-methyl/N-ethyl adjacent to an activating group) is 1. The van der Waals surface area contributed by atoms with Crippen molar-refractivity contribution in [2.45, 2.75) is 12.8 Å². The molecule has 0 bridgehead atoms. The highest BCUT2D eigenvalue weighted by Gasteiger charge is 2.17. The van der Waals surface area contributed by atoms with Gasteiger partial charge in [-0.15, -0.1) is 0 Å². The van der Waals surface area contributed by atoms with Gasteiger partial charge in [-0.25, -0.2) is 15.0 Å². The first kappa shape index (κ1) is 23.8. The molecule has 4 rings (SSSR count). The molecule has 0 saturated heterocycles. The summed E-state index contributed by atoms with van der Waals surface area (Å²) < 4.78 is 1.87. The van der Waals surface area contributed by atoms with Gasteiger partial charge in [-0.3, -0.25) is 14.0 Å². The Morgan fingerprint density at radius 1 is 1.09 bits per heavy atom. The third-order valence-corrected chi connectivity index (χ3v) is 5.35. The molecule has 0 saturated carbocycles. The Kier molecular flexibility index (Phi) is 7.27. The molecule has 3 N–H and O–H groups in total. The Labute approximate surface area is 203 Å². The van der Waals surface area contributed by atoms with Crippen LogP contribution in [0.3, 0.4) is 0 Å². The predicted molar refractivity (Wildman–Crippen MR) is 136 cm³/mol. The summed E-state index contributed by atoms with van der Waals surface area (Å²) in [6.07, 6.45) is 9.27. The molecular formula is C26H27N7O2.